The average Bonchev–Trinajstić information content (AvgIpc) is 2.71. The zero-order valence-corrected chi connectivity index (χ0v) is 12.6. The molecule has 0 saturated carbocycles. The van der Waals surface area contributed by atoms with Crippen LogP contribution in [0.3, 0.4) is 0 Å². The summed E-state index contributed by atoms with van der Waals surface area (Å²) in [6, 6.07) is 1.93. The van der Waals surface area contributed by atoms with E-state index in [1.807, 2.05) is 4.90 Å². The lowest BCUT2D eigenvalue weighted by molar-refractivity contribution is -0.126. The first-order valence-electron chi connectivity index (χ1n) is 7.42. The van der Waals surface area contributed by atoms with Gasteiger partial charge in [0.1, 0.15) is 0 Å². The van der Waals surface area contributed by atoms with Gasteiger partial charge in [-0.2, -0.15) is 0 Å². The maximum Gasteiger partial charge on any atom is 0.246 e. The van der Waals surface area contributed by atoms with E-state index in [4.69, 9.17) is 4.74 Å². The number of ketones is 1. The summed E-state index contributed by atoms with van der Waals surface area (Å²) in [5.74, 6) is 1.35. The van der Waals surface area contributed by atoms with Crippen LogP contribution >= 0.6 is 0 Å². The molecule has 0 radical (unpaired) electrons. The quantitative estimate of drug-likeness (QED) is 0.608. The molecule has 3 rings (SSSR count). The summed E-state index contributed by atoms with van der Waals surface area (Å²) in [5.41, 5.74) is 0.553. The number of ether oxygens (including phenoxy) is 1. The van der Waals surface area contributed by atoms with Crippen molar-refractivity contribution < 1.29 is 14.3 Å². The number of pyridine rings is 1. The van der Waals surface area contributed by atoms with E-state index in [1.54, 1.807) is 12.3 Å². The molecule has 1 aromatic heterocycles. The number of nitrogens with zero attached hydrogens (tertiary/aromatic N) is 3. The van der Waals surface area contributed by atoms with Gasteiger partial charge in [0.05, 0.1) is 12.6 Å². The molecule has 0 aromatic carbocycles. The third-order valence-electron chi connectivity index (χ3n) is 4.19. The molecule has 1 atom stereocenters. The van der Waals surface area contributed by atoms with Crippen LogP contribution in [0.25, 0.3) is 0 Å². The van der Waals surface area contributed by atoms with Crippen LogP contribution in [0.2, 0.25) is 0 Å². The predicted octanol–water partition coefficient (Wildman–Crippen LogP) is 1.27. The van der Waals surface area contributed by atoms with Crippen molar-refractivity contribution in [3.05, 3.63) is 30.5 Å². The number of carbonyl (C=O) groups is 2. The van der Waals surface area contributed by atoms with Gasteiger partial charge in [-0.05, 0) is 19.1 Å². The van der Waals surface area contributed by atoms with Gasteiger partial charge in [-0.1, -0.05) is 6.58 Å². The number of carbonyl (C=O) groups excluding carboxylic acids is 2. The molecule has 116 valence electrons. The van der Waals surface area contributed by atoms with Crippen LogP contribution in [0.5, 0.6) is 5.75 Å². The van der Waals surface area contributed by atoms with Gasteiger partial charge in [0.2, 0.25) is 5.91 Å². The predicted molar refractivity (Wildman–Crippen MR) is 82.3 cm³/mol. The smallest absolute Gasteiger partial charge is 0.246 e. The summed E-state index contributed by atoms with van der Waals surface area (Å²) in [7, 11) is 0. The molecule has 3 heterocycles. The Morgan fingerprint density at radius 1 is 1.45 bits per heavy atom. The van der Waals surface area contributed by atoms with E-state index in [0.29, 0.717) is 37.6 Å². The first kappa shape index (κ1) is 14.6. The number of Topliss-reactive ketones (excluding diaryl/α,β-unsaturated/α-hetero) is 1. The van der Waals surface area contributed by atoms with Gasteiger partial charge in [0.25, 0.3) is 0 Å². The third-order valence-corrected chi connectivity index (χ3v) is 4.19. The number of rotatable bonds is 2. The van der Waals surface area contributed by atoms with Gasteiger partial charge in [-0.25, -0.2) is 4.98 Å². The normalized spacial score (nSPS) is 20.3. The van der Waals surface area contributed by atoms with Crippen LogP contribution in [-0.2, 0) is 4.79 Å². The van der Waals surface area contributed by atoms with Crippen molar-refractivity contribution in [3.8, 4) is 5.75 Å². The molecule has 6 nitrogen and oxygen atoms in total. The lowest BCUT2D eigenvalue weighted by Crippen LogP contribution is -2.54. The first-order valence-corrected chi connectivity index (χ1v) is 7.42. The Kier molecular flexibility index (Phi) is 3.83. The minimum absolute atomic E-state index is 0.0268. The van der Waals surface area contributed by atoms with Crippen LogP contribution in [0.4, 0.5) is 5.82 Å². The Morgan fingerprint density at radius 3 is 3.00 bits per heavy atom. The largest absolute Gasteiger partial charge is 0.490 e. The van der Waals surface area contributed by atoms with Gasteiger partial charge in [0, 0.05) is 37.8 Å². The second kappa shape index (κ2) is 5.79. The summed E-state index contributed by atoms with van der Waals surface area (Å²) in [6.07, 6.45) is 3.76. The van der Waals surface area contributed by atoms with E-state index in [1.165, 1.54) is 13.0 Å². The molecule has 1 amide bonds. The van der Waals surface area contributed by atoms with Crippen LogP contribution < -0.4 is 9.64 Å². The molecular formula is C16H19N3O3. The maximum absolute atomic E-state index is 11.8. The Balaban J connectivity index is 1.88. The number of hydrogen-bond donors (Lipinski definition) is 0. The Bertz CT molecular complexity index is 629. The van der Waals surface area contributed by atoms with Crippen molar-refractivity contribution in [3.63, 3.8) is 0 Å². The van der Waals surface area contributed by atoms with Crippen molar-refractivity contribution in [2.24, 2.45) is 0 Å². The molecule has 6 heteroatoms. The summed E-state index contributed by atoms with van der Waals surface area (Å²) in [5, 5.41) is 0. The number of fused-ring (bicyclic) bond motifs is 3. The van der Waals surface area contributed by atoms with Crippen molar-refractivity contribution in [2.45, 2.75) is 19.4 Å². The average molecular weight is 301 g/mol. The summed E-state index contributed by atoms with van der Waals surface area (Å²) < 4.78 is 5.77. The first-order chi connectivity index (χ1) is 10.6. The van der Waals surface area contributed by atoms with Gasteiger partial charge in [0.15, 0.2) is 17.4 Å². The minimum Gasteiger partial charge on any atom is -0.490 e. The highest BCUT2D eigenvalue weighted by atomic mass is 16.5. The molecular weight excluding hydrogens is 282 g/mol. The number of amides is 1. The van der Waals surface area contributed by atoms with E-state index in [9.17, 15) is 9.59 Å². The Labute approximate surface area is 129 Å². The highest BCUT2D eigenvalue weighted by molar-refractivity contribution is 5.94. The van der Waals surface area contributed by atoms with E-state index in [2.05, 4.69) is 16.5 Å². The molecule has 22 heavy (non-hydrogen) atoms. The second-order valence-electron chi connectivity index (χ2n) is 5.57. The van der Waals surface area contributed by atoms with E-state index in [0.717, 1.165) is 12.2 Å². The van der Waals surface area contributed by atoms with Crippen molar-refractivity contribution in [2.75, 3.05) is 31.1 Å². The lowest BCUT2D eigenvalue weighted by atomic mass is 10.1. The molecule has 0 aliphatic carbocycles. The minimum atomic E-state index is -0.0371. The highest BCUT2D eigenvalue weighted by Crippen LogP contribution is 2.33. The number of piperazine rings is 1. The molecule has 1 saturated heterocycles. The fourth-order valence-electron chi connectivity index (χ4n) is 2.97. The molecule has 1 fully saturated rings. The van der Waals surface area contributed by atoms with Gasteiger partial charge >= 0.3 is 0 Å². The second-order valence-corrected chi connectivity index (χ2v) is 5.57. The highest BCUT2D eigenvalue weighted by Gasteiger charge is 2.33. The molecule has 2 aliphatic heterocycles. The maximum atomic E-state index is 11.8. The molecule has 1 aromatic rings. The zero-order chi connectivity index (χ0) is 15.7. The lowest BCUT2D eigenvalue weighted by Gasteiger charge is -2.40. The van der Waals surface area contributed by atoms with E-state index in [-0.39, 0.29) is 17.7 Å². The molecule has 0 bridgehead atoms. The Hall–Kier alpha value is -2.37. The van der Waals surface area contributed by atoms with Crippen LogP contribution in [0, 0.1) is 0 Å². The zero-order valence-electron chi connectivity index (χ0n) is 12.6. The van der Waals surface area contributed by atoms with Crippen LogP contribution in [0.15, 0.2) is 24.9 Å². The van der Waals surface area contributed by atoms with E-state index < -0.39 is 0 Å². The molecule has 0 N–H and O–H groups in total. The topological polar surface area (TPSA) is 62.7 Å². The van der Waals surface area contributed by atoms with E-state index >= 15 is 0 Å². The molecule has 2 aliphatic rings. The Morgan fingerprint density at radius 2 is 2.27 bits per heavy atom. The number of aromatic nitrogens is 1. The third kappa shape index (κ3) is 2.56. The van der Waals surface area contributed by atoms with Crippen molar-refractivity contribution >= 4 is 17.5 Å². The molecule has 1 unspecified atom stereocenters. The fraction of sp³-hybridized carbons (Fsp3) is 0.438. The SMILES string of the molecule is C=CC(=O)N1CCN2c3ncc(C(C)=O)cc3OCCC2C1. The van der Waals surface area contributed by atoms with Crippen LogP contribution in [0.1, 0.15) is 23.7 Å². The van der Waals surface area contributed by atoms with Crippen LogP contribution in [-0.4, -0.2) is 53.9 Å². The molecule has 0 spiro atoms. The van der Waals surface area contributed by atoms with Gasteiger partial charge < -0.3 is 14.5 Å². The summed E-state index contributed by atoms with van der Waals surface area (Å²) in [6.45, 7) is 7.59. The number of anilines is 1. The monoisotopic (exact) mass is 301 g/mol. The van der Waals surface area contributed by atoms with Crippen molar-refractivity contribution in [1.82, 2.24) is 9.88 Å². The summed E-state index contributed by atoms with van der Waals surface area (Å²) >= 11 is 0. The number of hydrogen-bond acceptors (Lipinski definition) is 5. The standard InChI is InChI=1S/C16H19N3O3/c1-3-15(21)18-5-6-19-13(10-18)4-7-22-14-8-12(11(2)20)9-17-16(14)19/h3,8-9,13H,1,4-7,10H2,2H3. The van der Waals surface area contributed by atoms with Gasteiger partial charge in [-0.3, -0.25) is 9.59 Å². The fourth-order valence-corrected chi connectivity index (χ4v) is 2.97. The van der Waals surface area contributed by atoms with Crippen molar-refractivity contribution in [1.29, 1.82) is 0 Å². The summed E-state index contributed by atoms with van der Waals surface area (Å²) in [4.78, 5) is 31.7. The van der Waals surface area contributed by atoms with Gasteiger partial charge in [-0.15, -0.1) is 0 Å².